The summed E-state index contributed by atoms with van der Waals surface area (Å²) in [5.74, 6) is -0.138. The van der Waals surface area contributed by atoms with Crippen LogP contribution in [-0.4, -0.2) is 30.4 Å². The maximum Gasteiger partial charge on any atom is 0.335 e. The molecule has 0 aliphatic heterocycles. The molecule has 4 heteroatoms. The number of esters is 1. The van der Waals surface area contributed by atoms with Crippen LogP contribution in [-0.2, 0) is 27.1 Å². The second kappa shape index (κ2) is 9.73. The fourth-order valence-corrected chi connectivity index (χ4v) is 2.44. The normalized spacial score (nSPS) is 11.9. The Bertz CT molecular complexity index is 607. The molecule has 2 aromatic carbocycles. The van der Waals surface area contributed by atoms with Crippen molar-refractivity contribution in [1.82, 2.24) is 0 Å². The van der Waals surface area contributed by atoms with Gasteiger partial charge in [0.15, 0.2) is 6.10 Å². The van der Waals surface area contributed by atoms with Gasteiger partial charge in [0.25, 0.3) is 0 Å². The number of carbonyl (C=O) groups is 1. The van der Waals surface area contributed by atoms with Gasteiger partial charge in [-0.3, -0.25) is 0 Å². The van der Waals surface area contributed by atoms with Gasteiger partial charge in [0, 0.05) is 13.0 Å². The van der Waals surface area contributed by atoms with Gasteiger partial charge in [-0.25, -0.2) is 4.79 Å². The number of phenolic OH excluding ortho intramolecular Hbond substituents is 1. The Balaban J connectivity index is 1.86. The molecule has 0 unspecified atom stereocenters. The Labute approximate surface area is 143 Å². The van der Waals surface area contributed by atoms with Crippen molar-refractivity contribution in [2.24, 2.45) is 0 Å². The first-order chi connectivity index (χ1) is 11.7. The zero-order valence-corrected chi connectivity index (χ0v) is 14.0. The molecule has 0 saturated carbocycles. The van der Waals surface area contributed by atoms with E-state index in [-0.39, 0.29) is 11.7 Å². The molecule has 1 atom stereocenters. The van der Waals surface area contributed by atoms with E-state index in [2.05, 4.69) is 12.1 Å². The van der Waals surface area contributed by atoms with E-state index in [1.165, 1.54) is 5.56 Å². The van der Waals surface area contributed by atoms with Crippen molar-refractivity contribution in [3.05, 3.63) is 65.7 Å². The van der Waals surface area contributed by atoms with Gasteiger partial charge in [-0.1, -0.05) is 42.5 Å². The van der Waals surface area contributed by atoms with Crippen LogP contribution in [0.2, 0.25) is 0 Å². The molecule has 0 spiro atoms. The van der Waals surface area contributed by atoms with E-state index in [9.17, 15) is 9.90 Å². The molecule has 0 saturated heterocycles. The lowest BCUT2D eigenvalue weighted by atomic mass is 10.1. The molecule has 0 heterocycles. The first-order valence-electron chi connectivity index (χ1n) is 8.29. The lowest BCUT2D eigenvalue weighted by Crippen LogP contribution is -2.29. The van der Waals surface area contributed by atoms with Gasteiger partial charge in [-0.15, -0.1) is 0 Å². The maximum atomic E-state index is 12.1. The summed E-state index contributed by atoms with van der Waals surface area (Å²) < 4.78 is 10.9. The number of hydrogen-bond acceptors (Lipinski definition) is 4. The second-order valence-electron chi connectivity index (χ2n) is 5.57. The summed E-state index contributed by atoms with van der Waals surface area (Å²) >= 11 is 0. The average Bonchev–Trinajstić information content (AvgIpc) is 2.60. The van der Waals surface area contributed by atoms with Crippen LogP contribution in [0.4, 0.5) is 0 Å². The molecule has 0 aromatic heterocycles. The predicted octanol–water partition coefficient (Wildman–Crippen LogP) is 3.52. The third-order valence-corrected chi connectivity index (χ3v) is 3.68. The lowest BCUT2D eigenvalue weighted by molar-refractivity contribution is -0.156. The van der Waals surface area contributed by atoms with Gasteiger partial charge in [-0.05, 0) is 43.0 Å². The molecular weight excluding hydrogens is 304 g/mol. The van der Waals surface area contributed by atoms with Crippen LogP contribution in [0.3, 0.4) is 0 Å². The number of hydrogen-bond donors (Lipinski definition) is 1. The summed E-state index contributed by atoms with van der Waals surface area (Å²) in [6.45, 7) is 2.61. The highest BCUT2D eigenvalue weighted by Crippen LogP contribution is 2.14. The standard InChI is InChI=1S/C20H24O4/c1-2-23-20(22)19(15-17-10-12-18(21)13-11-17)24-14-6-9-16-7-4-3-5-8-16/h3-5,7-8,10-13,19,21H,2,6,9,14-15H2,1H3/t19-/m0/s1. The van der Waals surface area contributed by atoms with Gasteiger partial charge in [-0.2, -0.15) is 0 Å². The van der Waals surface area contributed by atoms with E-state index >= 15 is 0 Å². The zero-order chi connectivity index (χ0) is 17.2. The highest BCUT2D eigenvalue weighted by atomic mass is 16.6. The molecule has 0 aliphatic rings. The molecule has 4 nitrogen and oxygen atoms in total. The van der Waals surface area contributed by atoms with Crippen LogP contribution in [0, 0.1) is 0 Å². The molecular formula is C20H24O4. The first kappa shape index (κ1) is 18.0. The monoisotopic (exact) mass is 328 g/mol. The molecule has 1 N–H and O–H groups in total. The molecule has 2 aromatic rings. The largest absolute Gasteiger partial charge is 0.508 e. The summed E-state index contributed by atoms with van der Waals surface area (Å²) in [6.07, 6.45) is 1.57. The van der Waals surface area contributed by atoms with Crippen molar-refractivity contribution < 1.29 is 19.4 Å². The molecule has 2 rings (SSSR count). The minimum absolute atomic E-state index is 0.204. The molecule has 24 heavy (non-hydrogen) atoms. The summed E-state index contributed by atoms with van der Waals surface area (Å²) in [7, 11) is 0. The number of benzene rings is 2. The summed E-state index contributed by atoms with van der Waals surface area (Å²) in [5.41, 5.74) is 2.18. The van der Waals surface area contributed by atoms with Crippen LogP contribution >= 0.6 is 0 Å². The number of ether oxygens (including phenoxy) is 2. The molecule has 128 valence electrons. The first-order valence-corrected chi connectivity index (χ1v) is 8.29. The highest BCUT2D eigenvalue weighted by Gasteiger charge is 2.21. The molecule has 0 aliphatic carbocycles. The predicted molar refractivity (Wildman–Crippen MR) is 92.9 cm³/mol. The Hall–Kier alpha value is -2.33. The third-order valence-electron chi connectivity index (χ3n) is 3.68. The summed E-state index contributed by atoms with van der Waals surface area (Å²) in [4.78, 5) is 12.1. The minimum Gasteiger partial charge on any atom is -0.508 e. The number of aromatic hydroxyl groups is 1. The van der Waals surface area contributed by atoms with Crippen molar-refractivity contribution in [3.8, 4) is 5.75 Å². The Kier molecular flexibility index (Phi) is 7.30. The Morgan fingerprint density at radius 1 is 1.04 bits per heavy atom. The van der Waals surface area contributed by atoms with E-state index in [1.54, 1.807) is 31.2 Å². The van der Waals surface area contributed by atoms with Crippen LogP contribution in [0.1, 0.15) is 24.5 Å². The van der Waals surface area contributed by atoms with Crippen LogP contribution in [0.15, 0.2) is 54.6 Å². The van der Waals surface area contributed by atoms with Crippen molar-refractivity contribution in [2.45, 2.75) is 32.3 Å². The molecule has 0 amide bonds. The van der Waals surface area contributed by atoms with Crippen LogP contribution in [0.5, 0.6) is 5.75 Å². The van der Waals surface area contributed by atoms with Crippen LogP contribution < -0.4 is 0 Å². The van der Waals surface area contributed by atoms with E-state index in [0.29, 0.717) is 19.6 Å². The number of phenols is 1. The smallest absolute Gasteiger partial charge is 0.335 e. The fraction of sp³-hybridized carbons (Fsp3) is 0.350. The average molecular weight is 328 g/mol. The van der Waals surface area contributed by atoms with Gasteiger partial charge in [0.2, 0.25) is 0 Å². The fourth-order valence-electron chi connectivity index (χ4n) is 2.44. The molecule has 0 bridgehead atoms. The van der Waals surface area contributed by atoms with Crippen molar-refractivity contribution in [1.29, 1.82) is 0 Å². The van der Waals surface area contributed by atoms with E-state index in [0.717, 1.165) is 18.4 Å². The molecule has 0 fully saturated rings. The topological polar surface area (TPSA) is 55.8 Å². The van der Waals surface area contributed by atoms with Gasteiger partial charge in [0.1, 0.15) is 5.75 Å². The quantitative estimate of drug-likeness (QED) is 0.565. The van der Waals surface area contributed by atoms with E-state index in [1.807, 2.05) is 18.2 Å². The van der Waals surface area contributed by atoms with Crippen molar-refractivity contribution in [2.75, 3.05) is 13.2 Å². The van der Waals surface area contributed by atoms with Gasteiger partial charge < -0.3 is 14.6 Å². The van der Waals surface area contributed by atoms with E-state index < -0.39 is 6.10 Å². The summed E-state index contributed by atoms with van der Waals surface area (Å²) in [5, 5.41) is 9.34. The van der Waals surface area contributed by atoms with Gasteiger partial charge in [0.05, 0.1) is 6.61 Å². The summed E-state index contributed by atoms with van der Waals surface area (Å²) in [6, 6.07) is 17.0. The van der Waals surface area contributed by atoms with E-state index in [4.69, 9.17) is 9.47 Å². The maximum absolute atomic E-state index is 12.1. The zero-order valence-electron chi connectivity index (χ0n) is 14.0. The molecule has 0 radical (unpaired) electrons. The van der Waals surface area contributed by atoms with Gasteiger partial charge >= 0.3 is 5.97 Å². The van der Waals surface area contributed by atoms with Crippen molar-refractivity contribution in [3.63, 3.8) is 0 Å². The Morgan fingerprint density at radius 2 is 1.75 bits per heavy atom. The second-order valence-corrected chi connectivity index (χ2v) is 5.57. The lowest BCUT2D eigenvalue weighted by Gasteiger charge is -2.16. The number of rotatable bonds is 9. The Morgan fingerprint density at radius 3 is 2.42 bits per heavy atom. The van der Waals surface area contributed by atoms with Crippen LogP contribution in [0.25, 0.3) is 0 Å². The SMILES string of the molecule is CCOC(=O)[C@H](Cc1ccc(O)cc1)OCCCc1ccccc1. The highest BCUT2D eigenvalue weighted by molar-refractivity contribution is 5.75. The number of carbonyl (C=O) groups excluding carboxylic acids is 1. The number of aryl methyl sites for hydroxylation is 1. The minimum atomic E-state index is -0.620. The third kappa shape index (κ3) is 6.05. The van der Waals surface area contributed by atoms with Crippen molar-refractivity contribution >= 4 is 5.97 Å².